The van der Waals surface area contributed by atoms with Crippen LogP contribution < -0.4 is 0 Å². The highest BCUT2D eigenvalue weighted by atomic mass is 16.5. The number of rotatable bonds is 4. The predicted molar refractivity (Wildman–Crippen MR) is 41.5 cm³/mol. The molecule has 0 fully saturated rings. The van der Waals surface area contributed by atoms with E-state index in [1.807, 2.05) is 6.92 Å². The zero-order valence-electron chi connectivity index (χ0n) is 7.09. The van der Waals surface area contributed by atoms with Crippen molar-refractivity contribution in [3.8, 4) is 0 Å². The van der Waals surface area contributed by atoms with Gasteiger partial charge in [-0.15, -0.1) is 0 Å². The molecule has 0 aliphatic rings. The average molecular weight is 146 g/mol. The van der Waals surface area contributed by atoms with Crippen LogP contribution >= 0.6 is 0 Å². The van der Waals surface area contributed by atoms with E-state index in [1.165, 1.54) is 6.92 Å². The van der Waals surface area contributed by atoms with Crippen molar-refractivity contribution < 1.29 is 10.2 Å². The molecule has 0 saturated carbocycles. The average Bonchev–Trinajstić information content (AvgIpc) is 1.59. The van der Waals surface area contributed by atoms with Crippen molar-refractivity contribution >= 4 is 0 Å². The van der Waals surface area contributed by atoms with Crippen LogP contribution in [0.5, 0.6) is 0 Å². The number of hydrogen-bond acceptors (Lipinski definition) is 2. The topological polar surface area (TPSA) is 40.5 Å². The summed E-state index contributed by atoms with van der Waals surface area (Å²) in [6.07, 6.45) is 2.65. The quantitative estimate of drug-likeness (QED) is 0.590. The largest absolute Gasteiger partial charge is 0.366 e. The summed E-state index contributed by atoms with van der Waals surface area (Å²) < 4.78 is 0. The highest BCUT2D eigenvalue weighted by Crippen LogP contribution is 2.17. The molecule has 1 unspecified atom stereocenters. The molecule has 2 nitrogen and oxygen atoms in total. The summed E-state index contributed by atoms with van der Waals surface area (Å²) in [6, 6.07) is 0. The monoisotopic (exact) mass is 146 g/mol. The van der Waals surface area contributed by atoms with Crippen LogP contribution in [0.1, 0.15) is 40.0 Å². The first kappa shape index (κ1) is 9.92. The predicted octanol–water partition coefficient (Wildman–Crippen LogP) is 1.51. The minimum absolute atomic E-state index is 0.407. The molecular weight excluding hydrogens is 128 g/mol. The van der Waals surface area contributed by atoms with Gasteiger partial charge < -0.3 is 10.2 Å². The Morgan fingerprint density at radius 1 is 1.40 bits per heavy atom. The molecule has 0 amide bonds. The molecule has 0 aliphatic carbocycles. The van der Waals surface area contributed by atoms with Crippen molar-refractivity contribution in [3.63, 3.8) is 0 Å². The summed E-state index contributed by atoms with van der Waals surface area (Å²) >= 11 is 0. The fraction of sp³-hybridized carbons (Fsp3) is 1.00. The van der Waals surface area contributed by atoms with Crippen molar-refractivity contribution in [1.82, 2.24) is 0 Å². The van der Waals surface area contributed by atoms with Gasteiger partial charge >= 0.3 is 0 Å². The maximum atomic E-state index is 8.97. The van der Waals surface area contributed by atoms with Crippen molar-refractivity contribution in [1.29, 1.82) is 0 Å². The maximum absolute atomic E-state index is 8.97. The van der Waals surface area contributed by atoms with Gasteiger partial charge in [-0.1, -0.05) is 26.7 Å². The van der Waals surface area contributed by atoms with E-state index in [9.17, 15) is 0 Å². The SMILES string of the molecule is CCCC(C)CC(C)(O)O. The normalized spacial score (nSPS) is 15.3. The molecule has 0 radical (unpaired) electrons. The van der Waals surface area contributed by atoms with Crippen molar-refractivity contribution in [2.24, 2.45) is 5.92 Å². The van der Waals surface area contributed by atoms with Crippen LogP contribution in [-0.4, -0.2) is 16.0 Å². The van der Waals surface area contributed by atoms with E-state index in [-0.39, 0.29) is 0 Å². The zero-order valence-corrected chi connectivity index (χ0v) is 7.09. The van der Waals surface area contributed by atoms with E-state index in [0.717, 1.165) is 12.8 Å². The Kier molecular flexibility index (Phi) is 3.91. The van der Waals surface area contributed by atoms with E-state index in [0.29, 0.717) is 12.3 Å². The van der Waals surface area contributed by atoms with E-state index < -0.39 is 5.79 Å². The smallest absolute Gasteiger partial charge is 0.159 e. The van der Waals surface area contributed by atoms with E-state index in [2.05, 4.69) is 6.92 Å². The third kappa shape index (κ3) is 6.05. The molecule has 1 atom stereocenters. The molecule has 62 valence electrons. The highest BCUT2D eigenvalue weighted by molar-refractivity contribution is 4.62. The Morgan fingerprint density at radius 2 is 1.90 bits per heavy atom. The Hall–Kier alpha value is -0.0800. The van der Waals surface area contributed by atoms with Crippen LogP contribution in [0.4, 0.5) is 0 Å². The van der Waals surface area contributed by atoms with Crippen molar-refractivity contribution in [2.45, 2.75) is 45.8 Å². The summed E-state index contributed by atoms with van der Waals surface area (Å²) in [5.74, 6) is -1.07. The molecule has 0 aromatic heterocycles. The lowest BCUT2D eigenvalue weighted by molar-refractivity contribution is -0.157. The second-order valence-electron chi connectivity index (χ2n) is 3.31. The third-order valence-electron chi connectivity index (χ3n) is 1.52. The summed E-state index contributed by atoms with van der Waals surface area (Å²) in [5.41, 5.74) is 0. The van der Waals surface area contributed by atoms with Gasteiger partial charge in [-0.05, 0) is 12.8 Å². The second kappa shape index (κ2) is 3.94. The van der Waals surface area contributed by atoms with Crippen molar-refractivity contribution in [3.05, 3.63) is 0 Å². The lowest BCUT2D eigenvalue weighted by Crippen LogP contribution is -2.25. The standard InChI is InChI=1S/C8H18O2/c1-4-5-7(2)6-8(3,9)10/h7,9-10H,4-6H2,1-3H3. The van der Waals surface area contributed by atoms with Crippen LogP contribution in [0.3, 0.4) is 0 Å². The Balaban J connectivity index is 3.47. The van der Waals surface area contributed by atoms with Gasteiger partial charge in [-0.2, -0.15) is 0 Å². The van der Waals surface area contributed by atoms with Crippen LogP contribution in [0.25, 0.3) is 0 Å². The molecule has 2 heteroatoms. The third-order valence-corrected chi connectivity index (χ3v) is 1.52. The molecular formula is C8H18O2. The summed E-state index contributed by atoms with van der Waals surface area (Å²) in [5, 5.41) is 17.9. The van der Waals surface area contributed by atoms with Gasteiger partial charge in [-0.25, -0.2) is 0 Å². The van der Waals surface area contributed by atoms with Crippen molar-refractivity contribution in [2.75, 3.05) is 0 Å². The van der Waals surface area contributed by atoms with Gasteiger partial charge in [0.05, 0.1) is 0 Å². The summed E-state index contributed by atoms with van der Waals surface area (Å²) in [4.78, 5) is 0. The molecule has 10 heavy (non-hydrogen) atoms. The van der Waals surface area contributed by atoms with Gasteiger partial charge in [0.25, 0.3) is 0 Å². The molecule has 0 bridgehead atoms. The number of hydrogen-bond donors (Lipinski definition) is 2. The Morgan fingerprint density at radius 3 is 2.20 bits per heavy atom. The molecule has 0 spiro atoms. The van der Waals surface area contributed by atoms with Crippen LogP contribution in [-0.2, 0) is 0 Å². The van der Waals surface area contributed by atoms with Gasteiger partial charge in [0.15, 0.2) is 5.79 Å². The van der Waals surface area contributed by atoms with Gasteiger partial charge in [-0.3, -0.25) is 0 Å². The fourth-order valence-electron chi connectivity index (χ4n) is 1.25. The summed E-state index contributed by atoms with van der Waals surface area (Å²) in [6.45, 7) is 5.57. The second-order valence-corrected chi connectivity index (χ2v) is 3.31. The lowest BCUT2D eigenvalue weighted by Gasteiger charge is -2.19. The molecule has 0 rings (SSSR count). The van der Waals surface area contributed by atoms with Gasteiger partial charge in [0.1, 0.15) is 0 Å². The van der Waals surface area contributed by atoms with Gasteiger partial charge in [0, 0.05) is 6.42 Å². The Labute approximate surface area is 62.9 Å². The van der Waals surface area contributed by atoms with E-state index >= 15 is 0 Å². The zero-order chi connectivity index (χ0) is 8.20. The van der Waals surface area contributed by atoms with Crippen LogP contribution in [0, 0.1) is 5.92 Å². The lowest BCUT2D eigenvalue weighted by atomic mass is 9.98. The van der Waals surface area contributed by atoms with Gasteiger partial charge in [0.2, 0.25) is 0 Å². The van der Waals surface area contributed by atoms with Crippen LogP contribution in [0.2, 0.25) is 0 Å². The molecule has 0 saturated heterocycles. The highest BCUT2D eigenvalue weighted by Gasteiger charge is 2.18. The number of aliphatic hydroxyl groups is 2. The van der Waals surface area contributed by atoms with E-state index in [1.54, 1.807) is 0 Å². The Bertz CT molecular complexity index is 83.7. The molecule has 0 heterocycles. The first-order chi connectivity index (χ1) is 4.45. The molecule has 0 aromatic rings. The molecule has 2 N–H and O–H groups in total. The fourth-order valence-corrected chi connectivity index (χ4v) is 1.25. The molecule has 0 aromatic carbocycles. The minimum atomic E-state index is -1.48. The van der Waals surface area contributed by atoms with E-state index in [4.69, 9.17) is 10.2 Å². The van der Waals surface area contributed by atoms with Crippen LogP contribution in [0.15, 0.2) is 0 Å². The maximum Gasteiger partial charge on any atom is 0.159 e. The molecule has 0 aliphatic heterocycles. The summed E-state index contributed by atoms with van der Waals surface area (Å²) in [7, 11) is 0. The minimum Gasteiger partial charge on any atom is -0.366 e. The first-order valence-corrected chi connectivity index (χ1v) is 3.90. The first-order valence-electron chi connectivity index (χ1n) is 3.90.